The van der Waals surface area contributed by atoms with Crippen molar-refractivity contribution in [2.75, 3.05) is 46.3 Å². The van der Waals surface area contributed by atoms with Gasteiger partial charge in [-0.1, -0.05) is 48.5 Å². The summed E-state index contributed by atoms with van der Waals surface area (Å²) in [6, 6.07) is 18.0. The predicted molar refractivity (Wildman–Crippen MR) is 166 cm³/mol. The molecule has 1 saturated heterocycles. The number of likely N-dealkylation sites (N-methyl/N-ethyl adjacent to an activating group) is 1. The molecule has 0 saturated carbocycles. The minimum atomic E-state index is -1.55. The third-order valence-electron chi connectivity index (χ3n) is 7.02. The molecule has 0 unspecified atom stereocenters. The lowest BCUT2D eigenvalue weighted by molar-refractivity contribution is -0.301. The lowest BCUT2D eigenvalue weighted by atomic mass is 9.93. The molecule has 2 aliphatic rings. The monoisotopic (exact) mass is 691 g/mol. The van der Waals surface area contributed by atoms with Crippen molar-refractivity contribution in [3.63, 3.8) is 0 Å². The summed E-state index contributed by atoms with van der Waals surface area (Å²) < 4.78 is 0. The molecule has 15 nitrogen and oxygen atoms in total. The smallest absolute Gasteiger partial charge is 0.0643 e. The van der Waals surface area contributed by atoms with Crippen LogP contribution in [0.3, 0.4) is 0 Å². The predicted octanol–water partition coefficient (Wildman–Crippen LogP) is -5.64. The second kappa shape index (κ2) is 23.6. The zero-order valence-corrected chi connectivity index (χ0v) is 27.4. The number of aliphatic carboxylic acids is 6. The van der Waals surface area contributed by atoms with Crippen LogP contribution in [0.2, 0.25) is 0 Å². The van der Waals surface area contributed by atoms with Gasteiger partial charge in [0, 0.05) is 45.8 Å². The van der Waals surface area contributed by atoms with E-state index >= 15 is 0 Å². The highest BCUT2D eigenvalue weighted by Gasteiger charge is 2.18. The maximum Gasteiger partial charge on any atom is 0.0643 e. The van der Waals surface area contributed by atoms with Crippen LogP contribution in [0.15, 0.2) is 85.0 Å². The fraction of sp³-hybridized carbons (Fsp3) is 0.314. The molecule has 2 aliphatic heterocycles. The summed E-state index contributed by atoms with van der Waals surface area (Å²) in [5, 5.41) is 56.5. The molecule has 0 atom stereocenters. The molecule has 1 fully saturated rings. The zero-order chi connectivity index (χ0) is 37.5. The largest absolute Gasteiger partial charge is 0.545 e. The van der Waals surface area contributed by atoms with Gasteiger partial charge in [-0.25, -0.2) is 0 Å². The number of carboxylic acids is 6. The normalized spacial score (nSPS) is 14.7. The first-order valence-electron chi connectivity index (χ1n) is 15.2. The number of piperazine rings is 1. The first-order chi connectivity index (χ1) is 23.7. The second-order valence-electron chi connectivity index (χ2n) is 10.8. The number of hydrogen-bond donors (Lipinski definition) is 0. The fourth-order valence-corrected chi connectivity index (χ4v) is 4.67. The molecule has 0 N–H and O–H groups in total. The van der Waals surface area contributed by atoms with Gasteiger partial charge in [-0.2, -0.15) is 0 Å². The Morgan fingerprint density at radius 3 is 1.12 bits per heavy atom. The Balaban J connectivity index is 0.000000427. The van der Waals surface area contributed by atoms with E-state index in [9.17, 15) is 59.4 Å². The van der Waals surface area contributed by atoms with Gasteiger partial charge in [0.1, 0.15) is 0 Å². The van der Waals surface area contributed by atoms with Gasteiger partial charge in [0.2, 0.25) is 0 Å². The lowest BCUT2D eigenvalue weighted by Crippen LogP contribution is -2.45. The summed E-state index contributed by atoms with van der Waals surface area (Å²) in [6.45, 7) is 9.43. The van der Waals surface area contributed by atoms with E-state index in [2.05, 4.69) is 70.3 Å². The number of nitrogens with zero attached hydrogens (tertiary/aromatic N) is 3. The molecular formula is C35H37N3O12-6. The maximum atomic E-state index is 9.41. The quantitative estimate of drug-likeness (QED) is 0.211. The van der Waals surface area contributed by atoms with E-state index in [-0.39, 0.29) is 0 Å². The summed E-state index contributed by atoms with van der Waals surface area (Å²) in [7, 11) is 2.23. The van der Waals surface area contributed by atoms with Crippen LogP contribution in [-0.4, -0.2) is 96.8 Å². The van der Waals surface area contributed by atoms with Gasteiger partial charge in [-0.05, 0) is 85.1 Å². The SMILES string of the molecule is CN1CCN(CCCN2Cc3ccccc3Cc3ccccc3C2)CC1.O=C([O-])/C=C\C(=O)[O-].O=C([O-])/C=C\C(=O)[O-].O=C([O-])/C=C\C(=O)[O-]. The van der Waals surface area contributed by atoms with E-state index in [1.54, 1.807) is 0 Å². The number of benzene rings is 2. The van der Waals surface area contributed by atoms with Crippen molar-refractivity contribution in [3.05, 3.63) is 107 Å². The molecule has 0 radical (unpaired) electrons. The van der Waals surface area contributed by atoms with Crippen LogP contribution in [0, 0.1) is 0 Å². The summed E-state index contributed by atoms with van der Waals surface area (Å²) in [6.07, 6.45) is 4.63. The molecule has 0 aliphatic carbocycles. The highest BCUT2D eigenvalue weighted by Crippen LogP contribution is 2.24. The molecule has 2 aromatic rings. The Bertz CT molecular complexity index is 1350. The highest BCUT2D eigenvalue weighted by molar-refractivity contribution is 5.88. The van der Waals surface area contributed by atoms with Crippen LogP contribution >= 0.6 is 0 Å². The Morgan fingerprint density at radius 2 is 0.800 bits per heavy atom. The third kappa shape index (κ3) is 20.6. The van der Waals surface area contributed by atoms with Crippen LogP contribution in [0.25, 0.3) is 0 Å². The van der Waals surface area contributed by atoms with E-state index in [1.807, 2.05) is 0 Å². The summed E-state index contributed by atoms with van der Waals surface area (Å²) in [5.74, 6) is -9.28. The van der Waals surface area contributed by atoms with Gasteiger partial charge in [-0.15, -0.1) is 0 Å². The van der Waals surface area contributed by atoms with Crippen molar-refractivity contribution in [2.45, 2.75) is 25.9 Å². The van der Waals surface area contributed by atoms with Gasteiger partial charge >= 0.3 is 0 Å². The van der Waals surface area contributed by atoms with Crippen molar-refractivity contribution in [1.29, 1.82) is 0 Å². The average molecular weight is 692 g/mol. The van der Waals surface area contributed by atoms with Crippen LogP contribution in [-0.2, 0) is 48.3 Å². The summed E-state index contributed by atoms with van der Waals surface area (Å²) in [4.78, 5) is 64.2. The summed E-state index contributed by atoms with van der Waals surface area (Å²) in [5.41, 5.74) is 5.98. The number of hydrogen-bond acceptors (Lipinski definition) is 15. The van der Waals surface area contributed by atoms with Gasteiger partial charge < -0.3 is 69.2 Å². The molecule has 0 aromatic heterocycles. The molecule has 15 heteroatoms. The molecule has 2 heterocycles. The molecule has 270 valence electrons. The van der Waals surface area contributed by atoms with Crippen LogP contribution < -0.4 is 30.6 Å². The third-order valence-corrected chi connectivity index (χ3v) is 7.02. The molecule has 50 heavy (non-hydrogen) atoms. The standard InChI is InChI=1S/C23H31N3.3C4H4O4/c1-24-13-15-25(16-14-24)11-6-12-26-18-22-9-4-2-7-20(22)17-21-8-3-5-10-23(21)19-26;3*5-3(6)1-2-4(7)8/h2-5,7-10H,6,11-19H2,1H3;3*1-2H,(H,5,6)(H,7,8)/p-6/b;3*2-1-. The van der Waals surface area contributed by atoms with Crippen molar-refractivity contribution < 1.29 is 59.4 Å². The Kier molecular flexibility index (Phi) is 20.0. The van der Waals surface area contributed by atoms with Crippen molar-refractivity contribution >= 4 is 35.8 Å². The molecular weight excluding hydrogens is 654 g/mol. The van der Waals surface area contributed by atoms with Gasteiger partial charge in [-0.3, -0.25) is 4.90 Å². The Hall–Kier alpha value is -5.64. The van der Waals surface area contributed by atoms with Crippen molar-refractivity contribution in [1.82, 2.24) is 14.7 Å². The molecule has 0 amide bonds. The van der Waals surface area contributed by atoms with Crippen LogP contribution in [0.1, 0.15) is 28.7 Å². The van der Waals surface area contributed by atoms with Crippen LogP contribution in [0.4, 0.5) is 0 Å². The Labute approximate surface area is 289 Å². The van der Waals surface area contributed by atoms with Crippen LogP contribution in [0.5, 0.6) is 0 Å². The Morgan fingerprint density at radius 1 is 0.500 bits per heavy atom. The summed E-state index contributed by atoms with van der Waals surface area (Å²) >= 11 is 0. The van der Waals surface area contributed by atoms with Gasteiger partial charge in [0.05, 0.1) is 35.8 Å². The molecule has 0 spiro atoms. The minimum absolute atomic E-state index is 0.384. The molecule has 0 bridgehead atoms. The maximum absolute atomic E-state index is 9.41. The van der Waals surface area contributed by atoms with E-state index < -0.39 is 35.8 Å². The number of carbonyl (C=O) groups is 6. The van der Waals surface area contributed by atoms with Gasteiger partial charge in [0.25, 0.3) is 0 Å². The average Bonchev–Trinajstić information content (AvgIpc) is 3.04. The topological polar surface area (TPSA) is 250 Å². The first-order valence-corrected chi connectivity index (χ1v) is 15.2. The molecule has 4 rings (SSSR count). The van der Waals surface area contributed by atoms with E-state index in [1.165, 1.54) is 67.9 Å². The van der Waals surface area contributed by atoms with Crippen molar-refractivity contribution in [2.24, 2.45) is 0 Å². The van der Waals surface area contributed by atoms with Crippen molar-refractivity contribution in [3.8, 4) is 0 Å². The van der Waals surface area contributed by atoms with Gasteiger partial charge in [0.15, 0.2) is 0 Å². The first kappa shape index (κ1) is 42.4. The highest BCUT2D eigenvalue weighted by atomic mass is 16.4. The number of fused-ring (bicyclic) bond motifs is 2. The lowest BCUT2D eigenvalue weighted by Gasteiger charge is -2.33. The van der Waals surface area contributed by atoms with E-state index in [4.69, 9.17) is 0 Å². The second-order valence-corrected chi connectivity index (χ2v) is 10.8. The van der Waals surface area contributed by atoms with E-state index in [0.29, 0.717) is 36.5 Å². The number of carbonyl (C=O) groups excluding carboxylic acids is 6. The fourth-order valence-electron chi connectivity index (χ4n) is 4.67. The zero-order valence-electron chi connectivity index (χ0n) is 27.4. The number of rotatable bonds is 10. The number of carboxylic acid groups (broad SMARTS) is 6. The minimum Gasteiger partial charge on any atom is -0.545 e. The molecule has 2 aromatic carbocycles. The van der Waals surface area contributed by atoms with E-state index in [0.717, 1.165) is 19.5 Å².